The molecule has 3 rings (SSSR count). The Morgan fingerprint density at radius 1 is 1.02 bits per heavy atom. The molecule has 2 amide bonds. The molecular weight excluding hydrogens is 535 g/mol. The molecule has 1 aromatic carbocycles. The minimum Gasteiger partial charge on any atom is -0.548 e. The monoisotopic (exact) mass is 568 g/mol. The number of nitrogens with one attached hydrogen (secondary N) is 2. The molecule has 1 aromatic rings. The summed E-state index contributed by atoms with van der Waals surface area (Å²) in [6, 6.07) is -4.11. The van der Waals surface area contributed by atoms with Gasteiger partial charge in [-0.25, -0.2) is 13.2 Å². The predicted octanol–water partition coefficient (Wildman–Crippen LogP) is -7.12. The van der Waals surface area contributed by atoms with Crippen molar-refractivity contribution in [3.8, 4) is 0 Å². The van der Waals surface area contributed by atoms with Gasteiger partial charge in [0.25, 0.3) is 0 Å². The number of aliphatic carboxylic acids is 2. The van der Waals surface area contributed by atoms with E-state index in [1.807, 2.05) is 0 Å². The summed E-state index contributed by atoms with van der Waals surface area (Å²) < 4.78 is 40.4. The summed E-state index contributed by atoms with van der Waals surface area (Å²) in [6.07, 6.45) is 3.38. The molecule has 0 radical (unpaired) electrons. The third-order valence-electron chi connectivity index (χ3n) is 7.42. The van der Waals surface area contributed by atoms with Crippen molar-refractivity contribution >= 4 is 23.8 Å². The van der Waals surface area contributed by atoms with Crippen LogP contribution >= 0.6 is 0 Å². The number of halogens is 3. The van der Waals surface area contributed by atoms with Gasteiger partial charge in [0, 0.05) is 31.1 Å². The Labute approximate surface area is 260 Å². The van der Waals surface area contributed by atoms with E-state index in [1.54, 1.807) is 0 Å². The van der Waals surface area contributed by atoms with Crippen LogP contribution in [-0.4, -0.2) is 65.4 Å². The summed E-state index contributed by atoms with van der Waals surface area (Å²) in [5, 5.41) is 28.9. The zero-order valence-electron chi connectivity index (χ0n) is 23.6. The molecule has 1 saturated heterocycles. The maximum Gasteiger partial charge on any atom is 1.00 e. The van der Waals surface area contributed by atoms with Gasteiger partial charge >= 0.3 is 37.7 Å². The third-order valence-corrected chi connectivity index (χ3v) is 7.42. The van der Waals surface area contributed by atoms with Crippen molar-refractivity contribution in [2.24, 2.45) is 11.7 Å². The molecule has 0 aromatic heterocycles. The summed E-state index contributed by atoms with van der Waals surface area (Å²) in [5.41, 5.74) is 5.69. The van der Waals surface area contributed by atoms with E-state index in [-0.39, 0.29) is 75.0 Å². The van der Waals surface area contributed by atoms with Crippen LogP contribution in [0.5, 0.6) is 0 Å². The van der Waals surface area contributed by atoms with Gasteiger partial charge in [0.1, 0.15) is 5.82 Å². The first kappa shape index (κ1) is 37.0. The molecule has 1 heterocycles. The van der Waals surface area contributed by atoms with Gasteiger partial charge in [-0.1, -0.05) is 19.3 Å². The molecule has 1 saturated carbocycles. The molecule has 216 valence electrons. The van der Waals surface area contributed by atoms with Crippen molar-refractivity contribution in [3.05, 3.63) is 35.1 Å². The fraction of sp³-hybridized carbons (Fsp3) is 0.615. The molecule has 1 aliphatic carbocycles. The Kier molecular flexibility index (Phi) is 15.0. The number of benzene rings is 1. The summed E-state index contributed by atoms with van der Waals surface area (Å²) in [4.78, 5) is 50.2. The first-order valence-corrected chi connectivity index (χ1v) is 13.0. The third kappa shape index (κ3) is 10.1. The Morgan fingerprint density at radius 3 is 2.22 bits per heavy atom. The number of nitrogens with two attached hydrogens (primary N) is 1. The fourth-order valence-electron chi connectivity index (χ4n) is 5.46. The van der Waals surface area contributed by atoms with Crippen LogP contribution in [0, 0.1) is 23.4 Å². The van der Waals surface area contributed by atoms with E-state index < -0.39 is 71.4 Å². The van der Waals surface area contributed by atoms with Crippen LogP contribution < -0.4 is 64.3 Å². The van der Waals surface area contributed by atoms with Gasteiger partial charge in [-0.3, -0.25) is 14.9 Å². The zero-order valence-corrected chi connectivity index (χ0v) is 23.6. The van der Waals surface area contributed by atoms with Crippen LogP contribution in [0.25, 0.3) is 0 Å². The largest absolute Gasteiger partial charge is 1.00 e. The van der Waals surface area contributed by atoms with Gasteiger partial charge in [0.05, 0.1) is 30.1 Å². The maximum absolute atomic E-state index is 13.9. The van der Waals surface area contributed by atoms with Crippen molar-refractivity contribution in [3.63, 3.8) is 0 Å². The van der Waals surface area contributed by atoms with Crippen molar-refractivity contribution in [2.45, 2.75) is 88.5 Å². The van der Waals surface area contributed by atoms with E-state index in [0.29, 0.717) is 25.0 Å². The van der Waals surface area contributed by atoms with Gasteiger partial charge in [-0.05, 0) is 50.2 Å². The van der Waals surface area contributed by atoms with Crippen molar-refractivity contribution in [2.75, 3.05) is 6.54 Å². The average molecular weight is 568 g/mol. The molecule has 0 spiro atoms. The van der Waals surface area contributed by atoms with Crippen molar-refractivity contribution < 1.29 is 80.3 Å². The van der Waals surface area contributed by atoms with Crippen molar-refractivity contribution in [1.82, 2.24) is 15.5 Å². The Hall–Kier alpha value is -2.00. The van der Waals surface area contributed by atoms with Crippen LogP contribution in [0.3, 0.4) is 0 Å². The molecular formula is C26H33F3Li2N4O6. The SMILES string of the molecule is C[C@H](N[C@H](C(=O)[O-])C1CCCCC1)C(=O)N1C[C@@H](NC(=O)C[C@H](N)Cc2cc(F)c(F)cc2F)C[C@H]1C(=O)[O-].[Li+].[Li+]. The maximum atomic E-state index is 13.9. The number of hydrogen-bond acceptors (Lipinski definition) is 8. The first-order valence-electron chi connectivity index (χ1n) is 13.0. The molecule has 2 aliphatic rings. The summed E-state index contributed by atoms with van der Waals surface area (Å²) in [7, 11) is 0. The standard InChI is InChI=1S/C26H35F3N4O6.2Li/c1-13(31-23(26(38)39)14-5-3-2-4-6-14)24(35)33-12-17(10-21(33)25(36)37)32-22(34)9-16(30)7-15-8-19(28)20(29)11-18(15)27;;/h8,11,13-14,16-17,21,23,31H,2-7,9-10,12,30H2,1H3,(H,32,34)(H,36,37)(H,38,39);;/q;2*+1/p-2/t13-,16+,17-,21-,23-;;/m0../s1. The predicted molar refractivity (Wildman–Crippen MR) is 128 cm³/mol. The number of hydrogen-bond donors (Lipinski definition) is 3. The van der Waals surface area contributed by atoms with Crippen LogP contribution in [0.4, 0.5) is 13.2 Å². The Bertz CT molecular complexity index is 1100. The molecule has 5 atom stereocenters. The molecule has 15 heteroatoms. The number of carboxylic acids is 2. The van der Waals surface area contributed by atoms with E-state index in [0.717, 1.165) is 24.2 Å². The van der Waals surface area contributed by atoms with Crippen molar-refractivity contribution in [1.29, 1.82) is 0 Å². The van der Waals surface area contributed by atoms with Gasteiger partial charge < -0.3 is 35.8 Å². The number of carbonyl (C=O) groups excluding carboxylic acids is 4. The second kappa shape index (κ2) is 16.6. The van der Waals surface area contributed by atoms with Crippen LogP contribution in [0.2, 0.25) is 0 Å². The molecule has 41 heavy (non-hydrogen) atoms. The average Bonchev–Trinajstić information content (AvgIpc) is 3.29. The Morgan fingerprint density at radius 2 is 1.63 bits per heavy atom. The normalized spacial score (nSPS) is 21.1. The number of rotatable bonds is 11. The van der Waals surface area contributed by atoms with E-state index >= 15 is 0 Å². The first-order chi connectivity index (χ1) is 18.4. The molecule has 1 aliphatic heterocycles. The molecule has 2 fully saturated rings. The minimum atomic E-state index is -1.53. The molecule has 4 N–H and O–H groups in total. The van der Waals surface area contributed by atoms with E-state index in [1.165, 1.54) is 6.92 Å². The quantitative estimate of drug-likeness (QED) is 0.175. The van der Waals surface area contributed by atoms with Gasteiger partial charge in [0.2, 0.25) is 11.8 Å². The van der Waals surface area contributed by atoms with Crippen LogP contribution in [0.1, 0.15) is 57.4 Å². The number of likely N-dealkylation sites (tertiary alicyclic amines) is 1. The molecule has 10 nitrogen and oxygen atoms in total. The zero-order chi connectivity index (χ0) is 28.9. The minimum absolute atomic E-state index is 0. The Balaban J connectivity index is 0.00000420. The summed E-state index contributed by atoms with van der Waals surface area (Å²) in [6.45, 7) is 1.28. The summed E-state index contributed by atoms with van der Waals surface area (Å²) >= 11 is 0. The molecule has 0 unspecified atom stereocenters. The van der Waals surface area contributed by atoms with E-state index in [4.69, 9.17) is 5.73 Å². The van der Waals surface area contributed by atoms with Crippen LogP contribution in [-0.2, 0) is 25.6 Å². The van der Waals surface area contributed by atoms with Crippen LogP contribution in [0.15, 0.2) is 12.1 Å². The van der Waals surface area contributed by atoms with Gasteiger partial charge in [-0.2, -0.15) is 0 Å². The summed E-state index contributed by atoms with van der Waals surface area (Å²) in [5.74, 6) is -7.93. The van der Waals surface area contributed by atoms with E-state index in [9.17, 15) is 42.6 Å². The topological polar surface area (TPSA) is 168 Å². The smallest absolute Gasteiger partial charge is 0.548 e. The van der Waals surface area contributed by atoms with Gasteiger partial charge in [-0.15, -0.1) is 0 Å². The number of nitrogens with zero attached hydrogens (tertiary/aromatic N) is 1. The number of carbonyl (C=O) groups is 4. The number of carboxylic acid groups (broad SMARTS) is 2. The van der Waals surface area contributed by atoms with E-state index in [2.05, 4.69) is 10.6 Å². The fourth-order valence-corrected chi connectivity index (χ4v) is 5.46. The molecule has 0 bridgehead atoms. The van der Waals surface area contributed by atoms with Gasteiger partial charge in [0.15, 0.2) is 11.6 Å². The number of amides is 2. The second-order valence-electron chi connectivity index (χ2n) is 10.4. The second-order valence-corrected chi connectivity index (χ2v) is 10.4.